The van der Waals surface area contributed by atoms with Crippen LogP contribution in [0.4, 0.5) is 4.39 Å². The number of halogens is 1. The van der Waals surface area contributed by atoms with Crippen LogP contribution in [0.25, 0.3) is 0 Å². The molecule has 0 aliphatic heterocycles. The third kappa shape index (κ3) is 5.91. The highest BCUT2D eigenvalue weighted by atomic mass is 19.1. The van der Waals surface area contributed by atoms with Crippen molar-refractivity contribution >= 4 is 11.9 Å². The van der Waals surface area contributed by atoms with Crippen LogP contribution in [0.15, 0.2) is 24.3 Å². The van der Waals surface area contributed by atoms with E-state index in [0.717, 1.165) is 0 Å². The fourth-order valence-electron chi connectivity index (χ4n) is 1.95. The van der Waals surface area contributed by atoms with Gasteiger partial charge in [-0.15, -0.1) is 0 Å². The van der Waals surface area contributed by atoms with E-state index in [1.54, 1.807) is 0 Å². The number of carboxylic acid groups (broad SMARTS) is 1. The molecule has 0 fully saturated rings. The monoisotopic (exact) mass is 296 g/mol. The summed E-state index contributed by atoms with van der Waals surface area (Å²) >= 11 is 0. The minimum absolute atomic E-state index is 0.0791. The molecule has 21 heavy (non-hydrogen) atoms. The molecule has 0 radical (unpaired) electrons. The van der Waals surface area contributed by atoms with Gasteiger partial charge in [0.1, 0.15) is 11.9 Å². The largest absolute Gasteiger partial charge is 0.480 e. The number of hydrogen-bond acceptors (Lipinski definition) is 3. The molecule has 1 rings (SSSR count). The van der Waals surface area contributed by atoms with Crippen molar-refractivity contribution in [3.63, 3.8) is 0 Å². The van der Waals surface area contributed by atoms with Crippen molar-refractivity contribution in [2.75, 3.05) is 0 Å². The Kier molecular flexibility index (Phi) is 6.30. The number of rotatable bonds is 7. The van der Waals surface area contributed by atoms with Crippen molar-refractivity contribution in [1.29, 1.82) is 0 Å². The van der Waals surface area contributed by atoms with E-state index in [1.165, 1.54) is 24.3 Å². The highest BCUT2D eigenvalue weighted by Gasteiger charge is 2.23. The molecule has 0 aliphatic carbocycles. The van der Waals surface area contributed by atoms with E-state index >= 15 is 0 Å². The molecule has 0 spiro atoms. The Labute approximate surface area is 123 Å². The second kappa shape index (κ2) is 7.73. The van der Waals surface area contributed by atoms with Crippen molar-refractivity contribution in [3.8, 4) is 0 Å². The summed E-state index contributed by atoms with van der Waals surface area (Å²) in [6.07, 6.45) is 0.560. The number of hydrogen-bond donors (Lipinski definition) is 3. The average molecular weight is 296 g/mol. The van der Waals surface area contributed by atoms with Gasteiger partial charge in [-0.25, -0.2) is 9.18 Å². The predicted molar refractivity (Wildman–Crippen MR) is 77.1 cm³/mol. The molecular formula is C15H21FN2O3. The summed E-state index contributed by atoms with van der Waals surface area (Å²) in [7, 11) is 0. The first-order valence-corrected chi connectivity index (χ1v) is 6.82. The van der Waals surface area contributed by atoms with Gasteiger partial charge in [0.2, 0.25) is 5.91 Å². The number of benzene rings is 1. The maximum Gasteiger partial charge on any atom is 0.326 e. The van der Waals surface area contributed by atoms with Gasteiger partial charge in [0.15, 0.2) is 0 Å². The van der Waals surface area contributed by atoms with Gasteiger partial charge in [0.05, 0.1) is 6.04 Å². The lowest BCUT2D eigenvalue weighted by Crippen LogP contribution is -2.49. The lowest BCUT2D eigenvalue weighted by atomic mass is 10.0. The fraction of sp³-hybridized carbons (Fsp3) is 0.467. The summed E-state index contributed by atoms with van der Waals surface area (Å²) in [6, 6.07) is 3.67. The van der Waals surface area contributed by atoms with E-state index in [0.29, 0.717) is 12.0 Å². The van der Waals surface area contributed by atoms with Crippen LogP contribution in [0.5, 0.6) is 0 Å². The molecule has 0 saturated heterocycles. The molecule has 0 saturated carbocycles. The molecule has 1 amide bonds. The minimum atomic E-state index is -1.15. The number of nitrogens with one attached hydrogen (secondary N) is 1. The van der Waals surface area contributed by atoms with Crippen molar-refractivity contribution in [1.82, 2.24) is 5.32 Å². The van der Waals surface area contributed by atoms with E-state index in [-0.39, 0.29) is 12.3 Å². The number of aliphatic carboxylic acids is 1. The molecule has 116 valence electrons. The van der Waals surface area contributed by atoms with E-state index in [1.807, 2.05) is 13.8 Å². The van der Waals surface area contributed by atoms with Crippen LogP contribution in [0, 0.1) is 11.7 Å². The molecule has 1 aromatic carbocycles. The minimum Gasteiger partial charge on any atom is -0.480 e. The van der Waals surface area contributed by atoms with Gasteiger partial charge in [-0.05, 0) is 30.0 Å². The third-order valence-electron chi connectivity index (χ3n) is 3.03. The zero-order valence-electron chi connectivity index (χ0n) is 12.2. The summed E-state index contributed by atoms with van der Waals surface area (Å²) in [5.74, 6) is -1.79. The SMILES string of the molecule is CC(C)C[C@H](N)C(=O)NC(Cc1ccc(F)cc1)C(=O)O. The molecule has 5 nitrogen and oxygen atoms in total. The fourth-order valence-corrected chi connectivity index (χ4v) is 1.95. The van der Waals surface area contributed by atoms with Crippen LogP contribution in [0.3, 0.4) is 0 Å². The maximum atomic E-state index is 12.8. The smallest absolute Gasteiger partial charge is 0.326 e. The summed E-state index contributed by atoms with van der Waals surface area (Å²) in [4.78, 5) is 23.1. The standard InChI is InChI=1S/C15H21FN2O3/c1-9(2)7-12(17)14(19)18-13(15(20)21)8-10-3-5-11(16)6-4-10/h3-6,9,12-13H,7-8,17H2,1-2H3,(H,18,19)(H,20,21)/t12-,13?/m0/s1. The number of carbonyl (C=O) groups excluding carboxylic acids is 1. The first-order chi connectivity index (χ1) is 9.79. The average Bonchev–Trinajstić information content (AvgIpc) is 2.39. The second-order valence-corrected chi connectivity index (χ2v) is 5.47. The van der Waals surface area contributed by atoms with Gasteiger partial charge in [-0.2, -0.15) is 0 Å². The van der Waals surface area contributed by atoms with Gasteiger partial charge < -0.3 is 16.2 Å². The van der Waals surface area contributed by atoms with E-state index in [2.05, 4.69) is 5.32 Å². The van der Waals surface area contributed by atoms with Crippen LogP contribution in [-0.4, -0.2) is 29.1 Å². The van der Waals surface area contributed by atoms with Crippen molar-refractivity contribution < 1.29 is 19.1 Å². The zero-order chi connectivity index (χ0) is 16.0. The summed E-state index contributed by atoms with van der Waals surface area (Å²) in [5.41, 5.74) is 6.35. The summed E-state index contributed by atoms with van der Waals surface area (Å²) < 4.78 is 12.8. The van der Waals surface area contributed by atoms with Crippen LogP contribution in [-0.2, 0) is 16.0 Å². The lowest BCUT2D eigenvalue weighted by molar-refractivity contribution is -0.142. The van der Waals surface area contributed by atoms with Crippen LogP contribution in [0.2, 0.25) is 0 Å². The van der Waals surface area contributed by atoms with Gasteiger partial charge in [-0.1, -0.05) is 26.0 Å². The van der Waals surface area contributed by atoms with Crippen LogP contribution in [0.1, 0.15) is 25.8 Å². The Morgan fingerprint density at radius 1 is 1.29 bits per heavy atom. The van der Waals surface area contributed by atoms with Gasteiger partial charge in [0.25, 0.3) is 0 Å². The van der Waals surface area contributed by atoms with Crippen molar-refractivity contribution in [2.45, 2.75) is 38.8 Å². The molecule has 0 aliphatic rings. The van der Waals surface area contributed by atoms with Gasteiger partial charge in [-0.3, -0.25) is 4.79 Å². The number of nitrogens with two attached hydrogens (primary N) is 1. The predicted octanol–water partition coefficient (Wildman–Crippen LogP) is 1.31. The summed E-state index contributed by atoms with van der Waals surface area (Å²) in [5, 5.41) is 11.6. The highest BCUT2D eigenvalue weighted by Crippen LogP contribution is 2.07. The number of carboxylic acids is 1. The van der Waals surface area contributed by atoms with Crippen molar-refractivity contribution in [3.05, 3.63) is 35.6 Å². The first-order valence-electron chi connectivity index (χ1n) is 6.82. The number of carbonyl (C=O) groups is 2. The normalized spacial score (nSPS) is 13.8. The Morgan fingerprint density at radius 3 is 2.33 bits per heavy atom. The molecule has 0 bridgehead atoms. The maximum absolute atomic E-state index is 12.8. The van der Waals surface area contributed by atoms with Crippen LogP contribution < -0.4 is 11.1 Å². The van der Waals surface area contributed by atoms with Crippen LogP contribution >= 0.6 is 0 Å². The van der Waals surface area contributed by atoms with E-state index < -0.39 is 29.8 Å². The molecule has 6 heteroatoms. The van der Waals surface area contributed by atoms with Gasteiger partial charge >= 0.3 is 5.97 Å². The molecule has 0 heterocycles. The Bertz CT molecular complexity index is 488. The number of amides is 1. The summed E-state index contributed by atoms with van der Waals surface area (Å²) in [6.45, 7) is 3.86. The quantitative estimate of drug-likeness (QED) is 0.707. The molecule has 1 unspecified atom stereocenters. The van der Waals surface area contributed by atoms with E-state index in [9.17, 15) is 19.1 Å². The topological polar surface area (TPSA) is 92.4 Å². The molecule has 0 aromatic heterocycles. The Morgan fingerprint density at radius 2 is 1.86 bits per heavy atom. The Balaban J connectivity index is 2.67. The molecule has 1 aromatic rings. The van der Waals surface area contributed by atoms with E-state index in [4.69, 9.17) is 5.73 Å². The van der Waals surface area contributed by atoms with Gasteiger partial charge in [0, 0.05) is 6.42 Å². The highest BCUT2D eigenvalue weighted by molar-refractivity contribution is 5.86. The molecule has 2 atom stereocenters. The molecular weight excluding hydrogens is 275 g/mol. The first kappa shape index (κ1) is 17.1. The third-order valence-corrected chi connectivity index (χ3v) is 3.03. The second-order valence-electron chi connectivity index (χ2n) is 5.47. The lowest BCUT2D eigenvalue weighted by Gasteiger charge is -2.19. The molecule has 4 N–H and O–H groups in total. The zero-order valence-corrected chi connectivity index (χ0v) is 12.2. The Hall–Kier alpha value is -1.95. The van der Waals surface area contributed by atoms with Crippen molar-refractivity contribution in [2.24, 2.45) is 11.7 Å².